The third kappa shape index (κ3) is 8.74. The monoisotopic (exact) mass is 326 g/mol. The van der Waals surface area contributed by atoms with Crippen LogP contribution >= 0.6 is 0 Å². The van der Waals surface area contributed by atoms with E-state index in [1.54, 1.807) is 0 Å². The van der Waals surface area contributed by atoms with E-state index in [0.29, 0.717) is 0 Å². The van der Waals surface area contributed by atoms with E-state index in [1.807, 2.05) is 0 Å². The summed E-state index contributed by atoms with van der Waals surface area (Å²) in [6.45, 7) is 22.4. The van der Waals surface area contributed by atoms with Gasteiger partial charge >= 0.3 is 0 Å². The molecule has 2 unspecified atom stereocenters. The number of hydrogen-bond acceptors (Lipinski definition) is 2. The minimum absolute atomic E-state index is 0.00675. The largest absolute Gasteiger partial charge is 0.355 e. The number of carbonyl (C=O) groups is 1. The summed E-state index contributed by atoms with van der Waals surface area (Å²) >= 11 is 0. The van der Waals surface area contributed by atoms with Gasteiger partial charge in [0, 0.05) is 12.1 Å². The molecule has 0 aromatic heterocycles. The molecule has 0 saturated carbocycles. The summed E-state index contributed by atoms with van der Waals surface area (Å²) in [5, 5.41) is 3.07. The van der Waals surface area contributed by atoms with Crippen LogP contribution in [0.5, 0.6) is 0 Å². The standard InChI is InChI=1S/C20H42N2O/c1-17(2,3)11-15(21)19(7,8)13-20(9,10)16(22-14-23)12-18(4,5)6/h14-16H,11-13,21H2,1-10H3,(H,22,23). The Bertz CT molecular complexity index is 372. The molecule has 0 spiro atoms. The summed E-state index contributed by atoms with van der Waals surface area (Å²) in [6.07, 6.45) is 3.80. The zero-order valence-corrected chi connectivity index (χ0v) is 17.3. The van der Waals surface area contributed by atoms with Gasteiger partial charge in [-0.2, -0.15) is 0 Å². The van der Waals surface area contributed by atoms with E-state index in [0.717, 1.165) is 25.7 Å². The molecule has 1 amide bonds. The van der Waals surface area contributed by atoms with Gasteiger partial charge in [0.15, 0.2) is 0 Å². The van der Waals surface area contributed by atoms with Crippen LogP contribution in [0.4, 0.5) is 0 Å². The molecule has 0 radical (unpaired) electrons. The lowest BCUT2D eigenvalue weighted by atomic mass is 9.64. The Morgan fingerprint density at radius 3 is 1.61 bits per heavy atom. The minimum Gasteiger partial charge on any atom is -0.355 e. The van der Waals surface area contributed by atoms with Gasteiger partial charge in [0.1, 0.15) is 0 Å². The second-order valence-electron chi connectivity index (χ2n) is 11.1. The van der Waals surface area contributed by atoms with Crippen LogP contribution in [0.2, 0.25) is 0 Å². The average Bonchev–Trinajstić information content (AvgIpc) is 2.22. The van der Waals surface area contributed by atoms with E-state index in [1.165, 1.54) is 0 Å². The average molecular weight is 327 g/mol. The number of amides is 1. The number of hydrogen-bond donors (Lipinski definition) is 2. The topological polar surface area (TPSA) is 55.1 Å². The van der Waals surface area contributed by atoms with Crippen molar-refractivity contribution in [2.24, 2.45) is 27.4 Å². The molecule has 0 heterocycles. The fraction of sp³-hybridized carbons (Fsp3) is 0.950. The second-order valence-corrected chi connectivity index (χ2v) is 11.1. The maximum atomic E-state index is 11.1. The molecule has 23 heavy (non-hydrogen) atoms. The molecular weight excluding hydrogens is 284 g/mol. The summed E-state index contributed by atoms with van der Waals surface area (Å²) in [4.78, 5) is 11.1. The molecule has 2 atom stereocenters. The molecule has 0 saturated heterocycles. The maximum absolute atomic E-state index is 11.1. The van der Waals surface area contributed by atoms with E-state index >= 15 is 0 Å². The van der Waals surface area contributed by atoms with E-state index in [4.69, 9.17) is 5.73 Å². The van der Waals surface area contributed by atoms with Crippen molar-refractivity contribution < 1.29 is 4.79 Å². The summed E-state index contributed by atoms with van der Waals surface area (Å²) in [5.41, 5.74) is 6.98. The van der Waals surface area contributed by atoms with Crippen molar-refractivity contribution in [3.05, 3.63) is 0 Å². The minimum atomic E-state index is -0.00675. The van der Waals surface area contributed by atoms with E-state index < -0.39 is 0 Å². The van der Waals surface area contributed by atoms with Crippen LogP contribution in [0.3, 0.4) is 0 Å². The summed E-state index contributed by atoms with van der Waals surface area (Å²) in [7, 11) is 0. The molecule has 0 aliphatic heterocycles. The Morgan fingerprint density at radius 2 is 1.26 bits per heavy atom. The Hall–Kier alpha value is -0.570. The van der Waals surface area contributed by atoms with Gasteiger partial charge in [-0.05, 0) is 40.9 Å². The predicted molar refractivity (Wildman–Crippen MR) is 101 cm³/mol. The normalized spacial score (nSPS) is 16.8. The Morgan fingerprint density at radius 1 is 0.826 bits per heavy atom. The zero-order chi connectivity index (χ0) is 18.7. The summed E-state index contributed by atoms with van der Waals surface area (Å²) < 4.78 is 0. The molecule has 138 valence electrons. The molecule has 3 N–H and O–H groups in total. The second kappa shape index (κ2) is 7.55. The highest BCUT2D eigenvalue weighted by Gasteiger charge is 2.40. The number of nitrogens with two attached hydrogens (primary N) is 1. The van der Waals surface area contributed by atoms with Crippen LogP contribution in [0.25, 0.3) is 0 Å². The van der Waals surface area contributed by atoms with Crippen molar-refractivity contribution >= 4 is 6.41 Å². The first-order chi connectivity index (χ1) is 10.0. The van der Waals surface area contributed by atoms with E-state index in [9.17, 15) is 4.79 Å². The molecule has 3 nitrogen and oxygen atoms in total. The van der Waals surface area contributed by atoms with Crippen LogP contribution in [0.1, 0.15) is 88.5 Å². The molecule has 3 heteroatoms. The Kier molecular flexibility index (Phi) is 7.36. The molecule has 0 aliphatic rings. The van der Waals surface area contributed by atoms with Gasteiger partial charge in [-0.1, -0.05) is 69.2 Å². The lowest BCUT2D eigenvalue weighted by Gasteiger charge is -2.45. The summed E-state index contributed by atoms with van der Waals surface area (Å²) in [6, 6.07) is 0.300. The molecule has 0 aromatic rings. The first kappa shape index (κ1) is 22.4. The Labute approximate surface area is 145 Å². The first-order valence-electron chi connectivity index (χ1n) is 8.95. The van der Waals surface area contributed by atoms with Crippen LogP contribution in [-0.4, -0.2) is 18.5 Å². The predicted octanol–water partition coefficient (Wildman–Crippen LogP) is 4.74. The quantitative estimate of drug-likeness (QED) is 0.633. The smallest absolute Gasteiger partial charge is 0.207 e. The van der Waals surface area contributed by atoms with Crippen LogP contribution in [-0.2, 0) is 4.79 Å². The van der Waals surface area contributed by atoms with Crippen molar-refractivity contribution in [1.29, 1.82) is 0 Å². The van der Waals surface area contributed by atoms with Gasteiger partial charge in [-0.3, -0.25) is 4.79 Å². The van der Waals surface area contributed by atoms with Crippen molar-refractivity contribution in [2.45, 2.75) is 101 Å². The van der Waals surface area contributed by atoms with Gasteiger partial charge in [0.2, 0.25) is 6.41 Å². The highest BCUT2D eigenvalue weighted by molar-refractivity contribution is 5.47. The van der Waals surface area contributed by atoms with Crippen LogP contribution in [0, 0.1) is 21.7 Å². The third-order valence-electron chi connectivity index (χ3n) is 4.78. The SMILES string of the molecule is CC(C)(C)CC(N)C(C)(C)CC(C)(C)C(CC(C)(C)C)NC=O. The van der Waals surface area contributed by atoms with E-state index in [2.05, 4.69) is 74.6 Å². The van der Waals surface area contributed by atoms with Gasteiger partial charge < -0.3 is 11.1 Å². The molecular formula is C20H42N2O. The molecule has 0 fully saturated rings. The van der Waals surface area contributed by atoms with Crippen LogP contribution in [0.15, 0.2) is 0 Å². The lowest BCUT2D eigenvalue weighted by Crippen LogP contribution is -2.49. The fourth-order valence-corrected chi connectivity index (χ4v) is 3.62. The number of carbonyl (C=O) groups excluding carboxylic acids is 1. The van der Waals surface area contributed by atoms with Crippen molar-refractivity contribution in [2.75, 3.05) is 0 Å². The van der Waals surface area contributed by atoms with Gasteiger partial charge in [-0.15, -0.1) is 0 Å². The van der Waals surface area contributed by atoms with Crippen molar-refractivity contribution in [3.8, 4) is 0 Å². The van der Waals surface area contributed by atoms with Crippen LogP contribution < -0.4 is 11.1 Å². The van der Waals surface area contributed by atoms with Gasteiger partial charge in [0.25, 0.3) is 0 Å². The number of rotatable bonds is 8. The van der Waals surface area contributed by atoms with Gasteiger partial charge in [-0.25, -0.2) is 0 Å². The molecule has 0 aromatic carbocycles. The highest BCUT2D eigenvalue weighted by atomic mass is 16.1. The van der Waals surface area contributed by atoms with Crippen molar-refractivity contribution in [1.82, 2.24) is 5.32 Å². The Balaban J connectivity index is 5.19. The lowest BCUT2D eigenvalue weighted by molar-refractivity contribution is -0.111. The highest BCUT2D eigenvalue weighted by Crippen LogP contribution is 2.42. The fourth-order valence-electron chi connectivity index (χ4n) is 3.62. The maximum Gasteiger partial charge on any atom is 0.207 e. The zero-order valence-electron chi connectivity index (χ0n) is 17.3. The molecule has 0 rings (SSSR count). The number of nitrogens with one attached hydrogen (secondary N) is 1. The summed E-state index contributed by atoms with van der Waals surface area (Å²) in [5.74, 6) is 0. The third-order valence-corrected chi connectivity index (χ3v) is 4.78. The first-order valence-corrected chi connectivity index (χ1v) is 8.95. The molecule has 0 bridgehead atoms. The molecule has 0 aliphatic carbocycles. The van der Waals surface area contributed by atoms with Gasteiger partial charge in [0.05, 0.1) is 0 Å². The van der Waals surface area contributed by atoms with E-state index in [-0.39, 0.29) is 33.7 Å². The van der Waals surface area contributed by atoms with Crippen molar-refractivity contribution in [3.63, 3.8) is 0 Å².